The summed E-state index contributed by atoms with van der Waals surface area (Å²) in [6, 6.07) is 15.9. The number of amides is 1. The smallest absolute Gasteiger partial charge is 0.251 e. The standard InChI is InChI=1S/C17H19N3O/c21-17(20-9-8-13-4-2-1-3-5-13)14-6-7-15-16(12-14)19-11-10-18-15/h1-7,12,18-19H,8-11H2,(H,20,21). The molecule has 0 saturated carbocycles. The van der Waals surface area contributed by atoms with Crippen molar-refractivity contribution in [3.63, 3.8) is 0 Å². The lowest BCUT2D eigenvalue weighted by Crippen LogP contribution is -2.26. The Labute approximate surface area is 124 Å². The second-order valence-corrected chi connectivity index (χ2v) is 5.11. The maximum absolute atomic E-state index is 12.2. The van der Waals surface area contributed by atoms with Crippen molar-refractivity contribution < 1.29 is 4.79 Å². The van der Waals surface area contributed by atoms with Gasteiger partial charge in [-0.2, -0.15) is 0 Å². The van der Waals surface area contributed by atoms with E-state index in [-0.39, 0.29) is 5.91 Å². The molecular weight excluding hydrogens is 262 g/mol. The molecule has 1 heterocycles. The van der Waals surface area contributed by atoms with E-state index in [4.69, 9.17) is 0 Å². The first-order chi connectivity index (χ1) is 10.3. The first-order valence-electron chi connectivity index (χ1n) is 7.27. The third-order valence-electron chi connectivity index (χ3n) is 3.58. The number of benzene rings is 2. The molecular formula is C17H19N3O. The number of hydrogen-bond acceptors (Lipinski definition) is 3. The van der Waals surface area contributed by atoms with Crippen molar-refractivity contribution in [3.05, 3.63) is 59.7 Å². The van der Waals surface area contributed by atoms with Gasteiger partial charge in [-0.25, -0.2) is 0 Å². The van der Waals surface area contributed by atoms with Gasteiger partial charge >= 0.3 is 0 Å². The van der Waals surface area contributed by atoms with Gasteiger partial charge in [0.25, 0.3) is 5.91 Å². The maximum atomic E-state index is 12.2. The van der Waals surface area contributed by atoms with E-state index < -0.39 is 0 Å². The summed E-state index contributed by atoms with van der Waals surface area (Å²) in [7, 11) is 0. The molecule has 1 amide bonds. The number of rotatable bonds is 4. The Morgan fingerprint density at radius 2 is 1.76 bits per heavy atom. The molecule has 0 aromatic heterocycles. The van der Waals surface area contributed by atoms with Crippen molar-refractivity contribution >= 4 is 17.3 Å². The summed E-state index contributed by atoms with van der Waals surface area (Å²) < 4.78 is 0. The summed E-state index contributed by atoms with van der Waals surface area (Å²) in [5.74, 6) is -0.0268. The summed E-state index contributed by atoms with van der Waals surface area (Å²) in [6.07, 6.45) is 0.845. The molecule has 2 aromatic carbocycles. The molecule has 3 N–H and O–H groups in total. The van der Waals surface area contributed by atoms with Gasteiger partial charge in [-0.05, 0) is 30.2 Å². The molecule has 21 heavy (non-hydrogen) atoms. The highest BCUT2D eigenvalue weighted by Gasteiger charge is 2.11. The van der Waals surface area contributed by atoms with Crippen molar-refractivity contribution in [1.29, 1.82) is 0 Å². The molecule has 108 valence electrons. The Kier molecular flexibility index (Phi) is 4.05. The van der Waals surface area contributed by atoms with Gasteiger partial charge in [0.2, 0.25) is 0 Å². The highest BCUT2D eigenvalue weighted by Crippen LogP contribution is 2.25. The topological polar surface area (TPSA) is 53.2 Å². The summed E-state index contributed by atoms with van der Waals surface area (Å²) in [4.78, 5) is 12.2. The van der Waals surface area contributed by atoms with Crippen molar-refractivity contribution in [3.8, 4) is 0 Å². The van der Waals surface area contributed by atoms with E-state index >= 15 is 0 Å². The van der Waals surface area contributed by atoms with E-state index in [0.29, 0.717) is 12.1 Å². The highest BCUT2D eigenvalue weighted by molar-refractivity contribution is 5.96. The predicted octanol–water partition coefficient (Wildman–Crippen LogP) is 2.50. The lowest BCUT2D eigenvalue weighted by atomic mass is 10.1. The largest absolute Gasteiger partial charge is 0.382 e. The van der Waals surface area contributed by atoms with E-state index in [2.05, 4.69) is 28.1 Å². The van der Waals surface area contributed by atoms with Crippen molar-refractivity contribution in [2.45, 2.75) is 6.42 Å². The van der Waals surface area contributed by atoms with Gasteiger partial charge in [0.15, 0.2) is 0 Å². The zero-order valence-corrected chi connectivity index (χ0v) is 11.9. The summed E-state index contributed by atoms with van der Waals surface area (Å²) >= 11 is 0. The molecule has 0 saturated heterocycles. The minimum absolute atomic E-state index is 0.0268. The summed E-state index contributed by atoms with van der Waals surface area (Å²) in [5.41, 5.74) is 3.98. The number of anilines is 2. The van der Waals surface area contributed by atoms with Crippen molar-refractivity contribution in [2.75, 3.05) is 30.3 Å². The molecule has 0 fully saturated rings. The van der Waals surface area contributed by atoms with Crippen LogP contribution in [0.15, 0.2) is 48.5 Å². The normalized spacial score (nSPS) is 12.8. The number of fused-ring (bicyclic) bond motifs is 1. The highest BCUT2D eigenvalue weighted by atomic mass is 16.1. The minimum atomic E-state index is -0.0268. The predicted molar refractivity (Wildman–Crippen MR) is 85.9 cm³/mol. The molecule has 0 spiro atoms. The molecule has 3 rings (SSSR count). The zero-order valence-electron chi connectivity index (χ0n) is 11.9. The summed E-state index contributed by atoms with van der Waals surface area (Å²) in [5, 5.41) is 9.56. The zero-order chi connectivity index (χ0) is 14.5. The third kappa shape index (κ3) is 3.34. The average Bonchev–Trinajstić information content (AvgIpc) is 2.55. The quantitative estimate of drug-likeness (QED) is 0.807. The van der Waals surface area contributed by atoms with Gasteiger partial charge in [-0.15, -0.1) is 0 Å². The van der Waals surface area contributed by atoms with E-state index in [1.54, 1.807) is 0 Å². The van der Waals surface area contributed by atoms with Gasteiger partial charge in [-0.3, -0.25) is 4.79 Å². The van der Waals surface area contributed by atoms with Gasteiger partial charge in [0.1, 0.15) is 0 Å². The molecule has 1 aliphatic heterocycles. The second-order valence-electron chi connectivity index (χ2n) is 5.11. The van der Waals surface area contributed by atoms with E-state index in [1.807, 2.05) is 36.4 Å². The van der Waals surface area contributed by atoms with Crippen LogP contribution in [0.3, 0.4) is 0 Å². The molecule has 0 atom stereocenters. The molecule has 0 radical (unpaired) electrons. The van der Waals surface area contributed by atoms with Crippen LogP contribution in [-0.2, 0) is 6.42 Å². The Balaban J connectivity index is 1.58. The number of carbonyl (C=O) groups is 1. The van der Waals surface area contributed by atoms with E-state index in [1.165, 1.54) is 5.56 Å². The van der Waals surface area contributed by atoms with Gasteiger partial charge in [0, 0.05) is 25.2 Å². The van der Waals surface area contributed by atoms with Crippen LogP contribution in [0.4, 0.5) is 11.4 Å². The van der Waals surface area contributed by atoms with E-state index in [9.17, 15) is 4.79 Å². The number of carbonyl (C=O) groups excluding carboxylic acids is 1. The van der Waals surface area contributed by atoms with Crippen LogP contribution in [-0.4, -0.2) is 25.5 Å². The Morgan fingerprint density at radius 3 is 2.57 bits per heavy atom. The first kappa shape index (κ1) is 13.5. The first-order valence-corrected chi connectivity index (χ1v) is 7.27. The monoisotopic (exact) mass is 281 g/mol. The molecule has 2 aromatic rings. The van der Waals surface area contributed by atoms with Gasteiger partial charge in [0.05, 0.1) is 11.4 Å². The van der Waals surface area contributed by atoms with Crippen molar-refractivity contribution in [2.24, 2.45) is 0 Å². The fourth-order valence-electron chi connectivity index (χ4n) is 2.45. The maximum Gasteiger partial charge on any atom is 0.251 e. The average molecular weight is 281 g/mol. The number of hydrogen-bond donors (Lipinski definition) is 3. The van der Waals surface area contributed by atoms with Crippen LogP contribution in [0.1, 0.15) is 15.9 Å². The Hall–Kier alpha value is -2.49. The van der Waals surface area contributed by atoms with Crippen LogP contribution >= 0.6 is 0 Å². The van der Waals surface area contributed by atoms with Crippen LogP contribution in [0.25, 0.3) is 0 Å². The fourth-order valence-corrected chi connectivity index (χ4v) is 2.45. The molecule has 1 aliphatic rings. The van der Waals surface area contributed by atoms with E-state index in [0.717, 1.165) is 30.9 Å². The van der Waals surface area contributed by atoms with Crippen LogP contribution < -0.4 is 16.0 Å². The van der Waals surface area contributed by atoms with Crippen molar-refractivity contribution in [1.82, 2.24) is 5.32 Å². The van der Waals surface area contributed by atoms with Gasteiger partial charge < -0.3 is 16.0 Å². The van der Waals surface area contributed by atoms with Gasteiger partial charge in [-0.1, -0.05) is 30.3 Å². The lowest BCUT2D eigenvalue weighted by molar-refractivity contribution is 0.0954. The Morgan fingerprint density at radius 1 is 1.00 bits per heavy atom. The van der Waals surface area contributed by atoms with Crippen LogP contribution in [0, 0.1) is 0 Å². The molecule has 0 aliphatic carbocycles. The minimum Gasteiger partial charge on any atom is -0.382 e. The third-order valence-corrected chi connectivity index (χ3v) is 3.58. The number of nitrogens with one attached hydrogen (secondary N) is 3. The molecule has 4 heteroatoms. The molecule has 0 unspecified atom stereocenters. The second kappa shape index (κ2) is 6.31. The lowest BCUT2D eigenvalue weighted by Gasteiger charge is -2.20. The van der Waals surface area contributed by atoms with Crippen LogP contribution in [0.2, 0.25) is 0 Å². The Bertz CT molecular complexity index is 625. The fraction of sp³-hybridized carbons (Fsp3) is 0.235. The van der Waals surface area contributed by atoms with Crippen LogP contribution in [0.5, 0.6) is 0 Å². The molecule has 0 bridgehead atoms. The summed E-state index contributed by atoms with van der Waals surface area (Å²) in [6.45, 7) is 2.44. The molecule has 4 nitrogen and oxygen atoms in total. The SMILES string of the molecule is O=C(NCCc1ccccc1)c1ccc2c(c1)NCCN2.